The lowest BCUT2D eigenvalue weighted by Crippen LogP contribution is -2.50. The monoisotopic (exact) mass is 674 g/mol. The zero-order chi connectivity index (χ0) is 34.1. The average Bonchev–Trinajstić information content (AvgIpc) is 3.01. The van der Waals surface area contributed by atoms with Crippen molar-refractivity contribution >= 4 is 16.0 Å². The van der Waals surface area contributed by atoms with E-state index in [1.165, 1.54) is 116 Å². The maximum atomic E-state index is 12.5. The fraction of sp³-hybridized carbons (Fsp3) is 0.921. The summed E-state index contributed by atoms with van der Waals surface area (Å²) in [5.41, 5.74) is 0. The first-order valence-corrected chi connectivity index (χ1v) is 21.1. The summed E-state index contributed by atoms with van der Waals surface area (Å²) >= 11 is 0. The van der Waals surface area contributed by atoms with Gasteiger partial charge in [-0.2, -0.15) is 8.42 Å². The van der Waals surface area contributed by atoms with Gasteiger partial charge in [0.2, 0.25) is 5.91 Å². The van der Waals surface area contributed by atoms with Crippen molar-refractivity contribution in [3.63, 3.8) is 0 Å². The average molecular weight is 674 g/mol. The third kappa shape index (κ3) is 31.6. The second kappa shape index (κ2) is 32.6. The van der Waals surface area contributed by atoms with Crippen molar-refractivity contribution < 1.29 is 28.0 Å². The highest BCUT2D eigenvalue weighted by atomic mass is 32.2. The van der Waals surface area contributed by atoms with Crippen LogP contribution in [0.2, 0.25) is 0 Å². The first-order valence-electron chi connectivity index (χ1n) is 19.5. The highest BCUT2D eigenvalue weighted by Crippen LogP contribution is 2.15. The van der Waals surface area contributed by atoms with Gasteiger partial charge in [-0.05, 0) is 38.5 Å². The molecule has 0 rings (SSSR count). The minimum absolute atomic E-state index is 0.292. The van der Waals surface area contributed by atoms with Crippen LogP contribution in [-0.4, -0.2) is 53.1 Å². The molecule has 274 valence electrons. The zero-order valence-corrected chi connectivity index (χ0v) is 30.9. The fourth-order valence-corrected chi connectivity index (χ4v) is 6.80. The Kier molecular flexibility index (Phi) is 31.9. The van der Waals surface area contributed by atoms with Gasteiger partial charge in [-0.25, -0.2) is 0 Å². The van der Waals surface area contributed by atoms with E-state index in [0.29, 0.717) is 25.7 Å². The third-order valence-corrected chi connectivity index (χ3v) is 9.86. The molecule has 0 aliphatic rings. The number of unbranched alkanes of at least 4 members (excludes halogenated alkanes) is 24. The summed E-state index contributed by atoms with van der Waals surface area (Å²) in [4.78, 5) is 12.5. The van der Waals surface area contributed by atoms with Gasteiger partial charge in [0.1, 0.15) is 6.10 Å². The largest absolute Gasteiger partial charge is 0.391 e. The number of aliphatic hydroxyl groups excluding tert-OH is 2. The minimum atomic E-state index is -4.40. The Morgan fingerprint density at radius 3 is 1.30 bits per heavy atom. The van der Waals surface area contributed by atoms with Gasteiger partial charge < -0.3 is 15.5 Å². The molecular weight excluding hydrogens is 598 g/mol. The van der Waals surface area contributed by atoms with E-state index in [4.69, 9.17) is 0 Å². The van der Waals surface area contributed by atoms with E-state index in [0.717, 1.165) is 44.9 Å². The van der Waals surface area contributed by atoms with Crippen molar-refractivity contribution in [3.8, 4) is 0 Å². The van der Waals surface area contributed by atoms with Crippen LogP contribution in [0.15, 0.2) is 12.2 Å². The summed E-state index contributed by atoms with van der Waals surface area (Å²) in [6.45, 7) is 4.47. The van der Waals surface area contributed by atoms with Crippen molar-refractivity contribution in [2.45, 2.75) is 218 Å². The normalized spacial score (nSPS) is 14.1. The van der Waals surface area contributed by atoms with Gasteiger partial charge >= 0.3 is 0 Å². The smallest absolute Gasteiger partial charge is 0.266 e. The molecule has 0 aliphatic carbocycles. The van der Waals surface area contributed by atoms with Gasteiger partial charge in [-0.3, -0.25) is 9.35 Å². The van der Waals surface area contributed by atoms with Crippen LogP contribution in [0.3, 0.4) is 0 Å². The molecule has 3 unspecified atom stereocenters. The first kappa shape index (κ1) is 45.0. The van der Waals surface area contributed by atoms with Crippen molar-refractivity contribution in [1.29, 1.82) is 0 Å². The van der Waals surface area contributed by atoms with E-state index in [2.05, 4.69) is 31.3 Å². The summed E-state index contributed by atoms with van der Waals surface area (Å²) in [7, 11) is -4.40. The molecule has 0 aliphatic heterocycles. The molecule has 0 saturated carbocycles. The predicted molar refractivity (Wildman–Crippen MR) is 195 cm³/mol. The number of hydrogen-bond acceptors (Lipinski definition) is 5. The number of nitrogens with one attached hydrogen (secondary N) is 1. The molecule has 0 saturated heterocycles. The van der Waals surface area contributed by atoms with Crippen LogP contribution in [-0.2, 0) is 14.9 Å². The van der Waals surface area contributed by atoms with Gasteiger partial charge in [-0.1, -0.05) is 174 Å². The van der Waals surface area contributed by atoms with Crippen molar-refractivity contribution in [2.24, 2.45) is 0 Å². The Morgan fingerprint density at radius 2 is 0.913 bits per heavy atom. The number of allylic oxidation sites excluding steroid dienone is 2. The molecule has 0 spiro atoms. The summed E-state index contributed by atoms with van der Waals surface area (Å²) in [6.07, 6.45) is 35.3. The molecule has 46 heavy (non-hydrogen) atoms. The topological polar surface area (TPSA) is 124 Å². The van der Waals surface area contributed by atoms with Crippen LogP contribution in [0.4, 0.5) is 0 Å². The molecular formula is C38H75NO6S. The maximum absolute atomic E-state index is 12.5. The highest BCUT2D eigenvalue weighted by molar-refractivity contribution is 7.85. The van der Waals surface area contributed by atoms with Gasteiger partial charge in [0, 0.05) is 0 Å². The molecule has 4 N–H and O–H groups in total. The van der Waals surface area contributed by atoms with E-state index < -0.39 is 40.0 Å². The molecule has 1 amide bonds. The van der Waals surface area contributed by atoms with E-state index in [1.807, 2.05) is 0 Å². The number of rotatable bonds is 35. The molecule has 3 atom stereocenters. The lowest BCUT2D eigenvalue weighted by molar-refractivity contribution is -0.131. The molecule has 0 heterocycles. The maximum Gasteiger partial charge on any atom is 0.266 e. The Hall–Kier alpha value is -0.960. The predicted octanol–water partition coefficient (Wildman–Crippen LogP) is 9.99. The van der Waals surface area contributed by atoms with Gasteiger partial charge in [0.15, 0.2) is 0 Å². The van der Waals surface area contributed by atoms with E-state index in [-0.39, 0.29) is 0 Å². The van der Waals surface area contributed by atoms with E-state index >= 15 is 0 Å². The Balaban J connectivity index is 3.92. The number of hydrogen-bond donors (Lipinski definition) is 4. The summed E-state index contributed by atoms with van der Waals surface area (Å²) < 4.78 is 32.4. The lowest BCUT2D eigenvalue weighted by atomic mass is 10.0. The third-order valence-electron chi connectivity index (χ3n) is 9.08. The van der Waals surface area contributed by atoms with E-state index in [9.17, 15) is 28.0 Å². The molecule has 0 aromatic heterocycles. The summed E-state index contributed by atoms with van der Waals surface area (Å²) in [5, 5.41) is 23.4. The number of carbonyl (C=O) groups is 1. The molecule has 0 fully saturated rings. The Labute approximate surface area is 284 Å². The molecule has 0 bridgehead atoms. The van der Waals surface area contributed by atoms with E-state index in [1.54, 1.807) is 0 Å². The van der Waals surface area contributed by atoms with Crippen LogP contribution in [0, 0.1) is 0 Å². The zero-order valence-electron chi connectivity index (χ0n) is 30.1. The second-order valence-electron chi connectivity index (χ2n) is 13.7. The van der Waals surface area contributed by atoms with Gasteiger partial charge in [-0.15, -0.1) is 0 Å². The molecule has 0 radical (unpaired) electrons. The van der Waals surface area contributed by atoms with Crippen LogP contribution < -0.4 is 5.32 Å². The molecule has 8 heteroatoms. The van der Waals surface area contributed by atoms with Crippen molar-refractivity contribution in [1.82, 2.24) is 5.32 Å². The van der Waals surface area contributed by atoms with Crippen LogP contribution in [0.5, 0.6) is 0 Å². The quantitative estimate of drug-likeness (QED) is 0.0302. The Morgan fingerprint density at radius 1 is 0.565 bits per heavy atom. The summed E-state index contributed by atoms with van der Waals surface area (Å²) in [6, 6.07) is -1.14. The van der Waals surface area contributed by atoms with Crippen molar-refractivity contribution in [2.75, 3.05) is 5.75 Å². The van der Waals surface area contributed by atoms with Gasteiger partial charge in [0.25, 0.3) is 10.1 Å². The van der Waals surface area contributed by atoms with Crippen LogP contribution in [0.25, 0.3) is 0 Å². The van der Waals surface area contributed by atoms with Crippen LogP contribution in [0.1, 0.15) is 200 Å². The highest BCUT2D eigenvalue weighted by Gasteiger charge is 2.28. The molecule has 7 nitrogen and oxygen atoms in total. The number of amides is 1. The van der Waals surface area contributed by atoms with Crippen molar-refractivity contribution in [3.05, 3.63) is 12.2 Å². The lowest BCUT2D eigenvalue weighted by Gasteiger charge is -2.24. The van der Waals surface area contributed by atoms with Crippen LogP contribution >= 0.6 is 0 Å². The second-order valence-corrected chi connectivity index (χ2v) is 15.2. The summed E-state index contributed by atoms with van der Waals surface area (Å²) in [5.74, 6) is -1.46. The number of aliphatic hydroxyl groups is 2. The Bertz CT molecular complexity index is 803. The molecule has 0 aromatic carbocycles. The first-order chi connectivity index (χ1) is 22.2. The molecule has 0 aromatic rings. The standard InChI is InChI=1S/C38H75NO6S/c1-3-5-7-9-11-13-14-15-16-17-18-19-20-21-22-23-25-27-29-31-33-37(41)38(42)39-35(34-46(43,44)45)36(40)32-30-28-26-24-12-10-8-6-4-2/h19-20,35-37,40-41H,3-18,21-34H2,1-2H3,(H,39,42)(H,43,44,45)/b20-19-. The fourth-order valence-electron chi connectivity index (χ4n) is 6.04. The minimum Gasteiger partial charge on any atom is -0.391 e. The van der Waals surface area contributed by atoms with Gasteiger partial charge in [0.05, 0.1) is 17.9 Å². The number of carbonyl (C=O) groups excluding carboxylic acids is 1. The SMILES string of the molecule is CCCCCCCCCCCC/C=C\CCCCCCCCC(O)C(=O)NC(CS(=O)(=O)O)C(O)CCCCCCCCCCC.